The van der Waals surface area contributed by atoms with Gasteiger partial charge in [-0.2, -0.15) is 0 Å². The number of amides is 1. The van der Waals surface area contributed by atoms with Crippen LogP contribution in [0.3, 0.4) is 0 Å². The molecule has 0 aliphatic rings. The molecule has 0 spiro atoms. The summed E-state index contributed by atoms with van der Waals surface area (Å²) in [5, 5.41) is 5.25. The van der Waals surface area contributed by atoms with Crippen LogP contribution in [0.25, 0.3) is 0 Å². The molecule has 0 unspecified atom stereocenters. The molecule has 0 aliphatic carbocycles. The van der Waals surface area contributed by atoms with Crippen molar-refractivity contribution in [2.45, 2.75) is 13.3 Å². The van der Waals surface area contributed by atoms with Crippen LogP contribution in [-0.2, 0) is 6.42 Å². The second-order valence-electron chi connectivity index (χ2n) is 4.51. The van der Waals surface area contributed by atoms with Crippen molar-refractivity contribution in [1.82, 2.24) is 9.88 Å². The molecule has 2 rings (SSSR count). The predicted molar refractivity (Wildman–Crippen MR) is 83.4 cm³/mol. The standard InChI is InChI=1S/C15H19N3OS/c1-3-17-14-6-8-16-11-13(14)15(19)18(2)9-7-12-5-4-10-20-12/h4-6,8,10-11H,3,7,9H2,1-2H3,(H,16,17). The van der Waals surface area contributed by atoms with Crippen LogP contribution in [0.15, 0.2) is 36.0 Å². The van der Waals surface area contributed by atoms with Gasteiger partial charge in [0.2, 0.25) is 0 Å². The molecule has 4 nitrogen and oxygen atoms in total. The molecule has 2 aromatic rings. The van der Waals surface area contributed by atoms with Gasteiger partial charge in [0.1, 0.15) is 0 Å². The molecule has 1 N–H and O–H groups in total. The van der Waals surface area contributed by atoms with Crippen molar-refractivity contribution in [3.05, 3.63) is 46.4 Å². The van der Waals surface area contributed by atoms with Gasteiger partial charge in [0.15, 0.2) is 0 Å². The van der Waals surface area contributed by atoms with Crippen molar-refractivity contribution in [2.24, 2.45) is 0 Å². The van der Waals surface area contributed by atoms with E-state index in [2.05, 4.69) is 21.7 Å². The van der Waals surface area contributed by atoms with Crippen LogP contribution in [0.5, 0.6) is 0 Å². The van der Waals surface area contributed by atoms with E-state index in [-0.39, 0.29) is 5.91 Å². The maximum Gasteiger partial charge on any atom is 0.257 e. The fourth-order valence-electron chi connectivity index (χ4n) is 1.95. The molecule has 0 saturated heterocycles. The number of carbonyl (C=O) groups excluding carboxylic acids is 1. The largest absolute Gasteiger partial charge is 0.385 e. The molecule has 5 heteroatoms. The lowest BCUT2D eigenvalue weighted by Crippen LogP contribution is -2.29. The maximum absolute atomic E-state index is 12.4. The summed E-state index contributed by atoms with van der Waals surface area (Å²) < 4.78 is 0. The number of aromatic nitrogens is 1. The van der Waals surface area contributed by atoms with Crippen LogP contribution in [-0.4, -0.2) is 35.9 Å². The first-order valence-electron chi connectivity index (χ1n) is 6.68. The average Bonchev–Trinajstić information content (AvgIpc) is 2.98. The molecule has 0 radical (unpaired) electrons. The number of pyridine rings is 1. The monoisotopic (exact) mass is 289 g/mol. The van der Waals surface area contributed by atoms with Crippen LogP contribution in [0.1, 0.15) is 22.2 Å². The molecule has 0 aromatic carbocycles. The lowest BCUT2D eigenvalue weighted by atomic mass is 10.2. The Balaban J connectivity index is 2.02. The second-order valence-corrected chi connectivity index (χ2v) is 5.54. The molecular formula is C15H19N3OS. The van der Waals surface area contributed by atoms with Crippen molar-refractivity contribution < 1.29 is 4.79 Å². The predicted octanol–water partition coefficient (Wildman–Crippen LogP) is 2.89. The first-order valence-corrected chi connectivity index (χ1v) is 7.56. The molecule has 106 valence electrons. The van der Waals surface area contributed by atoms with Crippen molar-refractivity contribution in [3.63, 3.8) is 0 Å². The topological polar surface area (TPSA) is 45.2 Å². The van der Waals surface area contributed by atoms with Gasteiger partial charge in [0.05, 0.1) is 11.3 Å². The zero-order valence-electron chi connectivity index (χ0n) is 11.8. The van der Waals surface area contributed by atoms with E-state index >= 15 is 0 Å². The number of anilines is 1. The fourth-order valence-corrected chi connectivity index (χ4v) is 2.65. The minimum Gasteiger partial charge on any atom is -0.385 e. The number of thiophene rings is 1. The molecular weight excluding hydrogens is 270 g/mol. The molecule has 0 bridgehead atoms. The van der Waals surface area contributed by atoms with Crippen molar-refractivity contribution >= 4 is 22.9 Å². The Kier molecular flexibility index (Phi) is 5.12. The first kappa shape index (κ1) is 14.5. The highest BCUT2D eigenvalue weighted by Gasteiger charge is 2.15. The highest BCUT2D eigenvalue weighted by atomic mass is 32.1. The Morgan fingerprint density at radius 1 is 1.45 bits per heavy atom. The molecule has 0 aliphatic heterocycles. The molecule has 2 aromatic heterocycles. The van der Waals surface area contributed by atoms with Crippen molar-refractivity contribution in [2.75, 3.05) is 25.5 Å². The SMILES string of the molecule is CCNc1ccncc1C(=O)N(C)CCc1cccs1. The lowest BCUT2D eigenvalue weighted by molar-refractivity contribution is 0.0797. The Hall–Kier alpha value is -1.88. The van der Waals surface area contributed by atoms with Gasteiger partial charge in [-0.3, -0.25) is 9.78 Å². The van der Waals surface area contributed by atoms with E-state index in [1.165, 1.54) is 4.88 Å². The van der Waals surface area contributed by atoms with Crippen LogP contribution in [0.4, 0.5) is 5.69 Å². The summed E-state index contributed by atoms with van der Waals surface area (Å²) in [6.45, 7) is 3.50. The zero-order chi connectivity index (χ0) is 14.4. The van der Waals surface area contributed by atoms with Crippen LogP contribution < -0.4 is 5.32 Å². The van der Waals surface area contributed by atoms with E-state index in [0.29, 0.717) is 12.1 Å². The summed E-state index contributed by atoms with van der Waals surface area (Å²) >= 11 is 1.72. The summed E-state index contributed by atoms with van der Waals surface area (Å²) in [6.07, 6.45) is 4.21. The Labute approximate surface area is 123 Å². The maximum atomic E-state index is 12.4. The van der Waals surface area contributed by atoms with Gasteiger partial charge in [0, 0.05) is 37.4 Å². The molecule has 1 amide bonds. The zero-order valence-corrected chi connectivity index (χ0v) is 12.6. The summed E-state index contributed by atoms with van der Waals surface area (Å²) in [5.41, 5.74) is 1.47. The van der Waals surface area contributed by atoms with Crippen molar-refractivity contribution in [3.8, 4) is 0 Å². The van der Waals surface area contributed by atoms with E-state index in [4.69, 9.17) is 0 Å². The Morgan fingerprint density at radius 2 is 2.30 bits per heavy atom. The highest BCUT2D eigenvalue weighted by Crippen LogP contribution is 2.16. The second kappa shape index (κ2) is 7.05. The number of carbonyl (C=O) groups is 1. The normalized spacial score (nSPS) is 10.3. The number of rotatable bonds is 6. The fraction of sp³-hybridized carbons (Fsp3) is 0.333. The lowest BCUT2D eigenvalue weighted by Gasteiger charge is -2.18. The smallest absolute Gasteiger partial charge is 0.257 e. The molecule has 0 saturated carbocycles. The Morgan fingerprint density at radius 3 is 3.00 bits per heavy atom. The van der Waals surface area contributed by atoms with Gasteiger partial charge in [-0.15, -0.1) is 11.3 Å². The molecule has 0 fully saturated rings. The molecule has 20 heavy (non-hydrogen) atoms. The van der Waals surface area contributed by atoms with E-state index in [9.17, 15) is 4.79 Å². The summed E-state index contributed by atoms with van der Waals surface area (Å²) in [6, 6.07) is 5.97. The van der Waals surface area contributed by atoms with Gasteiger partial charge in [-0.25, -0.2) is 0 Å². The van der Waals surface area contributed by atoms with Gasteiger partial charge in [-0.05, 0) is 30.9 Å². The Bertz CT molecular complexity index is 554. The van der Waals surface area contributed by atoms with Gasteiger partial charge >= 0.3 is 0 Å². The quantitative estimate of drug-likeness (QED) is 0.889. The number of hydrogen-bond acceptors (Lipinski definition) is 4. The van der Waals surface area contributed by atoms with E-state index in [0.717, 1.165) is 18.7 Å². The van der Waals surface area contributed by atoms with E-state index in [1.54, 1.807) is 28.6 Å². The summed E-state index contributed by atoms with van der Waals surface area (Å²) in [7, 11) is 1.83. The first-order chi connectivity index (χ1) is 9.72. The van der Waals surface area contributed by atoms with Gasteiger partial charge in [0.25, 0.3) is 5.91 Å². The summed E-state index contributed by atoms with van der Waals surface area (Å²) in [4.78, 5) is 19.5. The third-order valence-corrected chi connectivity index (χ3v) is 3.98. The third-order valence-electron chi connectivity index (χ3n) is 3.04. The van der Waals surface area contributed by atoms with Gasteiger partial charge in [-0.1, -0.05) is 6.07 Å². The summed E-state index contributed by atoms with van der Waals surface area (Å²) in [5.74, 6) is 0.00519. The van der Waals surface area contributed by atoms with Crippen LogP contribution in [0.2, 0.25) is 0 Å². The number of likely N-dealkylation sites (N-methyl/N-ethyl adjacent to an activating group) is 1. The third kappa shape index (κ3) is 3.57. The van der Waals surface area contributed by atoms with Gasteiger partial charge < -0.3 is 10.2 Å². The number of hydrogen-bond donors (Lipinski definition) is 1. The highest BCUT2D eigenvalue weighted by molar-refractivity contribution is 7.09. The van der Waals surface area contributed by atoms with Crippen LogP contribution in [0, 0.1) is 0 Å². The van der Waals surface area contributed by atoms with Crippen molar-refractivity contribution in [1.29, 1.82) is 0 Å². The minimum absolute atomic E-state index is 0.00519. The van der Waals surface area contributed by atoms with E-state index < -0.39 is 0 Å². The number of nitrogens with one attached hydrogen (secondary N) is 1. The molecule has 0 atom stereocenters. The van der Waals surface area contributed by atoms with Crippen LogP contribution >= 0.6 is 11.3 Å². The number of nitrogens with zero attached hydrogens (tertiary/aromatic N) is 2. The minimum atomic E-state index is 0.00519. The molecule has 2 heterocycles. The van der Waals surface area contributed by atoms with E-state index in [1.807, 2.05) is 26.1 Å². The average molecular weight is 289 g/mol.